The molecule has 0 saturated heterocycles. The molecule has 1 saturated carbocycles. The number of halogens is 1. The predicted octanol–water partition coefficient (Wildman–Crippen LogP) is 6.87. The maximum absolute atomic E-state index is 13.0. The van der Waals surface area contributed by atoms with Crippen LogP contribution < -0.4 is 10.1 Å². The number of benzene rings is 1. The van der Waals surface area contributed by atoms with Gasteiger partial charge in [0.15, 0.2) is 5.78 Å². The summed E-state index contributed by atoms with van der Waals surface area (Å²) in [6.07, 6.45) is 12.7. The summed E-state index contributed by atoms with van der Waals surface area (Å²) < 4.78 is 5.89. The lowest BCUT2D eigenvalue weighted by molar-refractivity contribution is -0.122. The first-order valence-electron chi connectivity index (χ1n) is 11.6. The first-order chi connectivity index (χ1) is 14.4. The van der Waals surface area contributed by atoms with Crippen LogP contribution in [0, 0.1) is 17.3 Å². The van der Waals surface area contributed by atoms with Crippen molar-refractivity contribution in [2.24, 2.45) is 17.3 Å². The quantitative estimate of drug-likeness (QED) is 0.338. The molecule has 1 aliphatic heterocycles. The Hall–Kier alpha value is -1.55. The Morgan fingerprint density at radius 1 is 0.933 bits per heavy atom. The Bertz CT molecular complexity index is 774. The number of hydrogen-bond donors (Lipinski definition) is 0. The first-order valence-corrected chi connectivity index (χ1v) is 12.0. The summed E-state index contributed by atoms with van der Waals surface area (Å²) in [5, 5.41) is 4.47. The van der Waals surface area contributed by atoms with Gasteiger partial charge in [-0.25, -0.2) is 5.32 Å². The van der Waals surface area contributed by atoms with Crippen molar-refractivity contribution in [3.8, 4) is 5.75 Å². The van der Waals surface area contributed by atoms with E-state index in [1.807, 2.05) is 13.8 Å². The maximum Gasteiger partial charge on any atom is 0.250 e. The van der Waals surface area contributed by atoms with Crippen LogP contribution in [0.3, 0.4) is 0 Å². The molecular weight excluding hydrogens is 398 g/mol. The molecule has 2 bridgehead atoms. The summed E-state index contributed by atoms with van der Waals surface area (Å²) in [5.74, 6) is -0.420. The average molecular weight is 433 g/mol. The highest BCUT2D eigenvalue weighted by atomic mass is 35.5. The number of hydrogen-bond acceptors (Lipinski definition) is 3. The summed E-state index contributed by atoms with van der Waals surface area (Å²) in [6, 6.07) is 3.41. The van der Waals surface area contributed by atoms with Crippen LogP contribution in [-0.4, -0.2) is 18.3 Å². The van der Waals surface area contributed by atoms with Gasteiger partial charge >= 0.3 is 0 Å². The summed E-state index contributed by atoms with van der Waals surface area (Å²) in [6.45, 7) is 6.73. The zero-order valence-corrected chi connectivity index (χ0v) is 19.4. The van der Waals surface area contributed by atoms with Crippen molar-refractivity contribution in [2.75, 3.05) is 6.61 Å². The summed E-state index contributed by atoms with van der Waals surface area (Å²) >= 11 is 6.38. The van der Waals surface area contributed by atoms with Crippen LogP contribution in [0.25, 0.3) is 0 Å². The molecule has 30 heavy (non-hydrogen) atoms. The maximum atomic E-state index is 13.0. The van der Waals surface area contributed by atoms with E-state index in [4.69, 9.17) is 16.3 Å². The molecule has 1 heterocycles. The molecule has 2 aliphatic rings. The molecule has 2 atom stereocenters. The number of carbonyl (C=O) groups is 2. The van der Waals surface area contributed by atoms with Gasteiger partial charge in [-0.05, 0) is 17.9 Å². The molecule has 1 aromatic rings. The van der Waals surface area contributed by atoms with Gasteiger partial charge in [0.25, 0.3) is 5.91 Å². The molecular formula is C25H35ClNO3. The second-order valence-electron chi connectivity index (χ2n) is 9.43. The standard InChI is InChI=1S/C25H35ClNO3/c1-4-5-6-7-8-9-10-11-12-13-14-30-17-15-18-22(26)19(16-17)27-24(29)21-20(23(18)28)25(21,2)3/h15-16,20-21H,4-14H2,1-3H3. The Kier molecular flexibility index (Phi) is 7.84. The van der Waals surface area contributed by atoms with Crippen molar-refractivity contribution in [2.45, 2.75) is 85.0 Å². The number of nitrogens with zero attached hydrogens (tertiary/aromatic N) is 1. The summed E-state index contributed by atoms with van der Waals surface area (Å²) in [5.41, 5.74) is 0.431. The van der Waals surface area contributed by atoms with Crippen LogP contribution in [0.2, 0.25) is 5.02 Å². The monoisotopic (exact) mass is 432 g/mol. The van der Waals surface area contributed by atoms with Crippen molar-refractivity contribution >= 4 is 29.0 Å². The normalized spacial score (nSPS) is 21.5. The fourth-order valence-corrected chi connectivity index (χ4v) is 4.90. The van der Waals surface area contributed by atoms with E-state index in [1.165, 1.54) is 51.4 Å². The zero-order valence-electron chi connectivity index (χ0n) is 18.6. The molecule has 1 aliphatic carbocycles. The average Bonchev–Trinajstić information content (AvgIpc) is 3.29. The molecule has 2 unspecified atom stereocenters. The molecule has 0 N–H and O–H groups in total. The van der Waals surface area contributed by atoms with E-state index >= 15 is 0 Å². The lowest BCUT2D eigenvalue weighted by atomic mass is 10.00. The van der Waals surface area contributed by atoms with Gasteiger partial charge in [0.05, 0.1) is 23.2 Å². The summed E-state index contributed by atoms with van der Waals surface area (Å²) in [4.78, 5) is 25.4. The Morgan fingerprint density at radius 3 is 2.17 bits per heavy atom. The second kappa shape index (κ2) is 10.2. The van der Waals surface area contributed by atoms with Gasteiger partial charge < -0.3 is 4.74 Å². The fraction of sp³-hybridized carbons (Fsp3) is 0.680. The van der Waals surface area contributed by atoms with Gasteiger partial charge in [-0.15, -0.1) is 0 Å². The number of ether oxygens (including phenoxy) is 1. The Labute approximate surface area is 186 Å². The second-order valence-corrected chi connectivity index (χ2v) is 9.80. The van der Waals surface area contributed by atoms with Crippen LogP contribution in [0.5, 0.6) is 5.75 Å². The first kappa shape index (κ1) is 23.1. The van der Waals surface area contributed by atoms with Crippen molar-refractivity contribution in [1.29, 1.82) is 0 Å². The smallest absolute Gasteiger partial charge is 0.250 e. The predicted molar refractivity (Wildman–Crippen MR) is 121 cm³/mol. The Morgan fingerprint density at radius 2 is 1.53 bits per heavy atom. The van der Waals surface area contributed by atoms with Gasteiger partial charge in [0.2, 0.25) is 0 Å². The van der Waals surface area contributed by atoms with Gasteiger partial charge in [-0.1, -0.05) is 90.2 Å². The molecule has 5 heteroatoms. The minimum absolute atomic E-state index is 0.0658. The van der Waals surface area contributed by atoms with Gasteiger partial charge in [0.1, 0.15) is 5.75 Å². The third-order valence-electron chi connectivity index (χ3n) is 6.67. The number of fused-ring (bicyclic) bond motifs is 3. The van der Waals surface area contributed by atoms with Crippen LogP contribution in [0.4, 0.5) is 5.69 Å². The van der Waals surface area contributed by atoms with Gasteiger partial charge in [-0.2, -0.15) is 0 Å². The number of Topliss-reactive ketones (excluding diaryl/α,β-unsaturated/α-hetero) is 1. The highest BCUT2D eigenvalue weighted by Crippen LogP contribution is 2.61. The number of unbranched alkanes of at least 4 members (excludes halogenated alkanes) is 9. The van der Waals surface area contributed by atoms with Crippen molar-refractivity contribution in [1.82, 2.24) is 5.32 Å². The number of amides is 1. The number of rotatable bonds is 12. The van der Waals surface area contributed by atoms with Crippen LogP contribution >= 0.6 is 11.6 Å². The third kappa shape index (κ3) is 5.19. The highest BCUT2D eigenvalue weighted by Gasteiger charge is 2.66. The zero-order chi connectivity index (χ0) is 21.7. The molecule has 1 radical (unpaired) electrons. The summed E-state index contributed by atoms with van der Waals surface area (Å²) in [7, 11) is 0. The minimum Gasteiger partial charge on any atom is -0.493 e. The SMILES string of the molecule is CCCCCCCCCCCCOc1cc2c(Cl)c(c1)C(=O)C1C(C(=O)[N]2)C1(C)C. The van der Waals surface area contributed by atoms with E-state index < -0.39 is 0 Å². The molecule has 1 amide bonds. The molecule has 0 aromatic heterocycles. The molecule has 4 nitrogen and oxygen atoms in total. The molecule has 0 spiro atoms. The van der Waals surface area contributed by atoms with E-state index in [1.54, 1.807) is 12.1 Å². The van der Waals surface area contributed by atoms with E-state index in [0.717, 1.165) is 12.8 Å². The topological polar surface area (TPSA) is 57.5 Å². The van der Waals surface area contributed by atoms with Crippen molar-refractivity contribution < 1.29 is 14.3 Å². The van der Waals surface area contributed by atoms with E-state index in [9.17, 15) is 9.59 Å². The lowest BCUT2D eigenvalue weighted by Crippen LogP contribution is -2.20. The molecule has 1 aromatic carbocycles. The third-order valence-corrected chi connectivity index (χ3v) is 7.06. The largest absolute Gasteiger partial charge is 0.493 e. The molecule has 165 valence electrons. The van der Waals surface area contributed by atoms with E-state index in [0.29, 0.717) is 23.6 Å². The van der Waals surface area contributed by atoms with Gasteiger partial charge in [0, 0.05) is 17.5 Å². The van der Waals surface area contributed by atoms with Crippen LogP contribution in [0.1, 0.15) is 95.3 Å². The van der Waals surface area contributed by atoms with Crippen LogP contribution in [-0.2, 0) is 4.79 Å². The molecule has 1 fully saturated rings. The lowest BCUT2D eigenvalue weighted by Gasteiger charge is -2.15. The Balaban J connectivity index is 1.45. The van der Waals surface area contributed by atoms with Crippen molar-refractivity contribution in [3.05, 3.63) is 22.7 Å². The highest BCUT2D eigenvalue weighted by molar-refractivity contribution is 6.37. The fourth-order valence-electron chi connectivity index (χ4n) is 4.65. The van der Waals surface area contributed by atoms with Crippen molar-refractivity contribution in [3.63, 3.8) is 0 Å². The van der Waals surface area contributed by atoms with E-state index in [-0.39, 0.29) is 34.0 Å². The van der Waals surface area contributed by atoms with Gasteiger partial charge in [-0.3, -0.25) is 9.59 Å². The number of ketones is 1. The van der Waals surface area contributed by atoms with E-state index in [2.05, 4.69) is 12.2 Å². The minimum atomic E-state index is -0.356. The number of carbonyl (C=O) groups excluding carboxylic acids is 2. The van der Waals surface area contributed by atoms with Crippen LogP contribution in [0.15, 0.2) is 12.1 Å². The molecule has 3 rings (SSSR count).